The minimum Gasteiger partial charge on any atom is -0.465 e. The SMILES string of the molecule is CC.CNC(=O)CCOC(=O)C(CNC(=O)C1=Nc2ccc(C)cc2SN1)c1ccccc1. The van der Waals surface area contributed by atoms with Gasteiger partial charge in [0.1, 0.15) is 6.61 Å². The number of rotatable bonds is 8. The predicted octanol–water partition coefficient (Wildman–Crippen LogP) is 3.24. The highest BCUT2D eigenvalue weighted by Gasteiger charge is 2.25. The maximum absolute atomic E-state index is 12.7. The summed E-state index contributed by atoms with van der Waals surface area (Å²) in [5.74, 6) is -1.68. The Morgan fingerprint density at radius 2 is 1.85 bits per heavy atom. The summed E-state index contributed by atoms with van der Waals surface area (Å²) >= 11 is 1.32. The first kappa shape index (κ1) is 25.9. The second-order valence-electron chi connectivity index (χ2n) is 6.90. The number of aryl methyl sites for hydroxylation is 1. The molecule has 3 N–H and O–H groups in total. The molecule has 2 aromatic carbocycles. The number of esters is 1. The predicted molar refractivity (Wildman–Crippen MR) is 130 cm³/mol. The van der Waals surface area contributed by atoms with Crippen LogP contribution in [0.2, 0.25) is 0 Å². The molecule has 176 valence electrons. The zero-order valence-electron chi connectivity index (χ0n) is 19.3. The molecule has 0 radical (unpaired) electrons. The van der Waals surface area contributed by atoms with Crippen molar-refractivity contribution in [3.8, 4) is 0 Å². The number of benzene rings is 2. The molecule has 3 rings (SSSR count). The van der Waals surface area contributed by atoms with E-state index in [1.54, 1.807) is 12.1 Å². The van der Waals surface area contributed by atoms with Crippen molar-refractivity contribution in [2.45, 2.75) is 38.0 Å². The van der Waals surface area contributed by atoms with Crippen LogP contribution in [-0.2, 0) is 19.1 Å². The summed E-state index contributed by atoms with van der Waals surface area (Å²) in [5.41, 5.74) is 2.53. The lowest BCUT2D eigenvalue weighted by atomic mass is 9.99. The van der Waals surface area contributed by atoms with Gasteiger partial charge in [0.05, 0.1) is 22.9 Å². The lowest BCUT2D eigenvalue weighted by Crippen LogP contribution is -2.41. The molecule has 0 saturated heterocycles. The third kappa shape index (κ3) is 7.64. The van der Waals surface area contributed by atoms with E-state index in [-0.39, 0.29) is 31.3 Å². The fourth-order valence-corrected chi connectivity index (χ4v) is 3.72. The number of aliphatic imine (C=N–C) groups is 1. The van der Waals surface area contributed by atoms with E-state index in [1.807, 2.05) is 57.2 Å². The first-order valence-electron chi connectivity index (χ1n) is 10.8. The molecule has 9 heteroatoms. The third-order valence-electron chi connectivity index (χ3n) is 4.63. The van der Waals surface area contributed by atoms with Crippen LogP contribution in [0.5, 0.6) is 0 Å². The number of fused-ring (bicyclic) bond motifs is 1. The molecule has 0 aliphatic carbocycles. The Labute approximate surface area is 198 Å². The van der Waals surface area contributed by atoms with E-state index in [4.69, 9.17) is 4.74 Å². The summed E-state index contributed by atoms with van der Waals surface area (Å²) < 4.78 is 8.21. The summed E-state index contributed by atoms with van der Waals surface area (Å²) in [4.78, 5) is 42.0. The number of nitrogens with one attached hydrogen (secondary N) is 3. The third-order valence-corrected chi connectivity index (χ3v) is 5.47. The smallest absolute Gasteiger partial charge is 0.315 e. The van der Waals surface area contributed by atoms with Crippen molar-refractivity contribution in [1.82, 2.24) is 15.4 Å². The molecule has 0 fully saturated rings. The number of hydrogen-bond donors (Lipinski definition) is 3. The quantitative estimate of drug-likeness (QED) is 0.404. The van der Waals surface area contributed by atoms with Crippen LogP contribution in [0.4, 0.5) is 5.69 Å². The fourth-order valence-electron chi connectivity index (χ4n) is 2.91. The molecule has 0 saturated carbocycles. The summed E-state index contributed by atoms with van der Waals surface area (Å²) in [6, 6.07) is 14.8. The second kappa shape index (κ2) is 13.3. The van der Waals surface area contributed by atoms with Gasteiger partial charge in [0.25, 0.3) is 5.91 Å². The minimum absolute atomic E-state index is 0.0309. The lowest BCUT2D eigenvalue weighted by molar-refractivity contribution is -0.146. The van der Waals surface area contributed by atoms with Crippen LogP contribution in [0.3, 0.4) is 0 Å². The van der Waals surface area contributed by atoms with Crippen LogP contribution >= 0.6 is 11.9 Å². The van der Waals surface area contributed by atoms with Crippen molar-refractivity contribution in [3.05, 3.63) is 59.7 Å². The van der Waals surface area contributed by atoms with Crippen molar-refractivity contribution in [1.29, 1.82) is 0 Å². The zero-order valence-corrected chi connectivity index (χ0v) is 20.1. The molecule has 2 amide bonds. The molecule has 0 bridgehead atoms. The standard InChI is InChI=1S/C22H24N4O4S.C2H6/c1-14-8-9-17-18(12-14)31-26-20(25-17)21(28)24-13-16(15-6-4-3-5-7-15)22(29)30-11-10-19(27)23-2;1-2/h3-9,12,16H,10-11,13H2,1-2H3,(H,23,27)(H,24,28)(H,25,26);1-2H3. The number of amides is 2. The van der Waals surface area contributed by atoms with Gasteiger partial charge in [-0.1, -0.05) is 50.2 Å². The van der Waals surface area contributed by atoms with Gasteiger partial charge in [-0.2, -0.15) is 0 Å². The summed E-state index contributed by atoms with van der Waals surface area (Å²) in [7, 11) is 1.52. The molecule has 1 aliphatic heterocycles. The molecule has 8 nitrogen and oxygen atoms in total. The highest BCUT2D eigenvalue weighted by molar-refractivity contribution is 7.98. The monoisotopic (exact) mass is 470 g/mol. The number of amidine groups is 1. The van der Waals surface area contributed by atoms with E-state index in [0.717, 1.165) is 10.5 Å². The molecular weight excluding hydrogens is 440 g/mol. The largest absolute Gasteiger partial charge is 0.465 e. The van der Waals surface area contributed by atoms with Gasteiger partial charge in [0, 0.05) is 13.6 Å². The van der Waals surface area contributed by atoms with Gasteiger partial charge in [-0.05, 0) is 42.1 Å². The second-order valence-corrected chi connectivity index (χ2v) is 7.75. The molecule has 0 aromatic heterocycles. The zero-order chi connectivity index (χ0) is 24.2. The first-order valence-corrected chi connectivity index (χ1v) is 11.6. The van der Waals surface area contributed by atoms with E-state index < -0.39 is 17.8 Å². The highest BCUT2D eigenvalue weighted by atomic mass is 32.2. The molecule has 1 unspecified atom stereocenters. The molecule has 1 heterocycles. The van der Waals surface area contributed by atoms with Crippen LogP contribution in [-0.4, -0.2) is 43.8 Å². The lowest BCUT2D eigenvalue weighted by Gasteiger charge is -2.19. The summed E-state index contributed by atoms with van der Waals surface area (Å²) in [6.07, 6.45) is 0.0763. The van der Waals surface area contributed by atoms with Gasteiger partial charge < -0.3 is 20.1 Å². The number of nitrogens with zero attached hydrogens (tertiary/aromatic N) is 1. The number of ether oxygens (including phenoxy) is 1. The van der Waals surface area contributed by atoms with Gasteiger partial charge in [-0.15, -0.1) is 0 Å². The Kier molecular flexibility index (Phi) is 10.4. The maximum Gasteiger partial charge on any atom is 0.315 e. The number of carbonyl (C=O) groups excluding carboxylic acids is 3. The van der Waals surface area contributed by atoms with Gasteiger partial charge in [0.2, 0.25) is 11.7 Å². The molecule has 33 heavy (non-hydrogen) atoms. The Morgan fingerprint density at radius 3 is 2.55 bits per heavy atom. The van der Waals surface area contributed by atoms with Gasteiger partial charge >= 0.3 is 5.97 Å². The van der Waals surface area contributed by atoms with Gasteiger partial charge in [-0.3, -0.25) is 14.4 Å². The molecule has 1 atom stereocenters. The van der Waals surface area contributed by atoms with Crippen LogP contribution in [0.1, 0.15) is 37.3 Å². The molecule has 2 aromatic rings. The molecule has 1 aliphatic rings. The van der Waals surface area contributed by atoms with Crippen LogP contribution in [0, 0.1) is 6.92 Å². The highest BCUT2D eigenvalue weighted by Crippen LogP contribution is 2.32. The minimum atomic E-state index is -0.707. The number of hydrogen-bond acceptors (Lipinski definition) is 7. The maximum atomic E-state index is 12.7. The van der Waals surface area contributed by atoms with E-state index in [9.17, 15) is 14.4 Å². The Balaban J connectivity index is 0.00000187. The van der Waals surface area contributed by atoms with E-state index in [0.29, 0.717) is 11.3 Å². The van der Waals surface area contributed by atoms with Crippen molar-refractivity contribution >= 4 is 41.3 Å². The molecule has 0 spiro atoms. The Morgan fingerprint density at radius 1 is 1.12 bits per heavy atom. The summed E-state index contributed by atoms with van der Waals surface area (Å²) in [6.45, 7) is 5.99. The normalized spacial score (nSPS) is 12.5. The van der Waals surface area contributed by atoms with Crippen molar-refractivity contribution < 1.29 is 19.1 Å². The van der Waals surface area contributed by atoms with E-state index >= 15 is 0 Å². The van der Waals surface area contributed by atoms with Crippen LogP contribution in [0.15, 0.2) is 58.4 Å². The number of carbonyl (C=O) groups is 3. The Hall–Kier alpha value is -3.33. The molecular formula is C24H30N4O4S. The average molecular weight is 471 g/mol. The van der Waals surface area contributed by atoms with Crippen molar-refractivity contribution in [3.63, 3.8) is 0 Å². The van der Waals surface area contributed by atoms with Gasteiger partial charge in [0.15, 0.2) is 0 Å². The topological polar surface area (TPSA) is 109 Å². The fraction of sp³-hybridized carbons (Fsp3) is 0.333. The van der Waals surface area contributed by atoms with Crippen LogP contribution < -0.4 is 15.4 Å². The van der Waals surface area contributed by atoms with E-state index in [2.05, 4.69) is 20.3 Å². The van der Waals surface area contributed by atoms with Crippen molar-refractivity contribution in [2.24, 2.45) is 4.99 Å². The average Bonchev–Trinajstić information content (AvgIpc) is 2.85. The summed E-state index contributed by atoms with van der Waals surface area (Å²) in [5, 5.41) is 5.24. The van der Waals surface area contributed by atoms with Crippen LogP contribution in [0.25, 0.3) is 0 Å². The van der Waals surface area contributed by atoms with E-state index in [1.165, 1.54) is 19.0 Å². The van der Waals surface area contributed by atoms with Crippen molar-refractivity contribution in [2.75, 3.05) is 20.2 Å². The Bertz CT molecular complexity index is 995. The van der Waals surface area contributed by atoms with Gasteiger partial charge in [-0.25, -0.2) is 4.99 Å². The first-order chi connectivity index (χ1) is 16.0.